The van der Waals surface area contributed by atoms with Crippen LogP contribution in [0.2, 0.25) is 0 Å². The molecule has 1 rings (SSSR count). The summed E-state index contributed by atoms with van der Waals surface area (Å²) in [7, 11) is 0. The molecular formula is C11H21F3N2. The van der Waals surface area contributed by atoms with Crippen LogP contribution in [0.3, 0.4) is 0 Å². The van der Waals surface area contributed by atoms with Gasteiger partial charge in [-0.2, -0.15) is 13.2 Å². The second-order valence-corrected chi connectivity index (χ2v) is 4.96. The summed E-state index contributed by atoms with van der Waals surface area (Å²) in [5.74, 6) is 0.467. The predicted octanol–water partition coefficient (Wildman–Crippen LogP) is 2.26. The van der Waals surface area contributed by atoms with Crippen LogP contribution in [0.1, 0.15) is 27.2 Å². The third-order valence-electron chi connectivity index (χ3n) is 3.24. The Hall–Kier alpha value is -0.290. The van der Waals surface area contributed by atoms with E-state index in [1.807, 2.05) is 13.8 Å². The number of alkyl halides is 3. The van der Waals surface area contributed by atoms with E-state index in [4.69, 9.17) is 0 Å². The molecule has 1 saturated heterocycles. The number of hydrogen-bond acceptors (Lipinski definition) is 2. The first-order valence-corrected chi connectivity index (χ1v) is 5.84. The quantitative estimate of drug-likeness (QED) is 0.808. The van der Waals surface area contributed by atoms with Crippen LogP contribution in [0, 0.1) is 5.92 Å². The SMILES string of the molecule is CC1CCNC1CN(CC(F)(F)F)C(C)C. The highest BCUT2D eigenvalue weighted by atomic mass is 19.4. The maximum absolute atomic E-state index is 12.4. The fraction of sp³-hybridized carbons (Fsp3) is 1.00. The number of halogens is 3. The minimum absolute atomic E-state index is 0.0729. The number of nitrogens with one attached hydrogen (secondary N) is 1. The van der Waals surface area contributed by atoms with Crippen LogP contribution in [0.25, 0.3) is 0 Å². The van der Waals surface area contributed by atoms with E-state index in [0.717, 1.165) is 13.0 Å². The van der Waals surface area contributed by atoms with Gasteiger partial charge in [-0.05, 0) is 32.7 Å². The van der Waals surface area contributed by atoms with Crippen LogP contribution in [-0.4, -0.2) is 42.8 Å². The Labute approximate surface area is 95.2 Å². The lowest BCUT2D eigenvalue weighted by molar-refractivity contribution is -0.150. The van der Waals surface area contributed by atoms with Gasteiger partial charge >= 0.3 is 6.18 Å². The van der Waals surface area contributed by atoms with Crippen LogP contribution in [0.5, 0.6) is 0 Å². The lowest BCUT2D eigenvalue weighted by atomic mass is 10.0. The van der Waals surface area contributed by atoms with Gasteiger partial charge in [0.1, 0.15) is 0 Å². The topological polar surface area (TPSA) is 15.3 Å². The van der Waals surface area contributed by atoms with Crippen LogP contribution in [0.4, 0.5) is 13.2 Å². The Morgan fingerprint density at radius 2 is 2.00 bits per heavy atom. The Morgan fingerprint density at radius 3 is 2.38 bits per heavy atom. The van der Waals surface area contributed by atoms with Gasteiger partial charge in [-0.25, -0.2) is 0 Å². The molecule has 1 heterocycles. The number of rotatable bonds is 4. The van der Waals surface area contributed by atoms with Crippen molar-refractivity contribution in [1.82, 2.24) is 10.2 Å². The summed E-state index contributed by atoms with van der Waals surface area (Å²) < 4.78 is 37.1. The average molecular weight is 238 g/mol. The van der Waals surface area contributed by atoms with Gasteiger partial charge in [-0.1, -0.05) is 6.92 Å². The van der Waals surface area contributed by atoms with Crippen LogP contribution >= 0.6 is 0 Å². The van der Waals surface area contributed by atoms with Crippen molar-refractivity contribution < 1.29 is 13.2 Å². The highest BCUT2D eigenvalue weighted by Crippen LogP contribution is 2.21. The van der Waals surface area contributed by atoms with Crippen molar-refractivity contribution in [2.45, 2.75) is 45.5 Å². The highest BCUT2D eigenvalue weighted by Gasteiger charge is 2.34. The molecule has 0 aliphatic carbocycles. The van der Waals surface area contributed by atoms with Crippen molar-refractivity contribution in [3.8, 4) is 0 Å². The standard InChI is InChI=1S/C11H21F3N2/c1-8(2)16(7-11(12,13)14)6-10-9(3)4-5-15-10/h8-10,15H,4-7H2,1-3H3. The van der Waals surface area contributed by atoms with E-state index in [9.17, 15) is 13.2 Å². The molecule has 0 spiro atoms. The van der Waals surface area contributed by atoms with Crippen LogP contribution in [-0.2, 0) is 0 Å². The Kier molecular flexibility index (Phi) is 4.62. The van der Waals surface area contributed by atoms with Crippen molar-refractivity contribution in [2.75, 3.05) is 19.6 Å². The van der Waals surface area contributed by atoms with Gasteiger partial charge in [0, 0.05) is 18.6 Å². The largest absolute Gasteiger partial charge is 0.401 e. The van der Waals surface area contributed by atoms with Crippen molar-refractivity contribution >= 4 is 0 Å². The van der Waals surface area contributed by atoms with Gasteiger partial charge in [0.25, 0.3) is 0 Å². The molecule has 1 aliphatic rings. The molecule has 2 nitrogen and oxygen atoms in total. The molecule has 0 radical (unpaired) electrons. The summed E-state index contributed by atoms with van der Waals surface area (Å²) in [6.07, 6.45) is -3.05. The summed E-state index contributed by atoms with van der Waals surface area (Å²) in [4.78, 5) is 1.50. The van der Waals surface area contributed by atoms with Gasteiger partial charge in [0.2, 0.25) is 0 Å². The lowest BCUT2D eigenvalue weighted by Crippen LogP contribution is -2.47. The zero-order valence-electron chi connectivity index (χ0n) is 10.1. The summed E-state index contributed by atoms with van der Waals surface area (Å²) in [5, 5.41) is 3.27. The van der Waals surface area contributed by atoms with E-state index in [-0.39, 0.29) is 12.1 Å². The maximum atomic E-state index is 12.4. The fourth-order valence-electron chi connectivity index (χ4n) is 2.08. The molecule has 0 saturated carbocycles. The summed E-state index contributed by atoms with van der Waals surface area (Å²) >= 11 is 0. The molecule has 2 atom stereocenters. The molecule has 2 unspecified atom stereocenters. The van der Waals surface area contributed by atoms with Gasteiger partial charge in [-0.15, -0.1) is 0 Å². The first-order chi connectivity index (χ1) is 7.29. The minimum Gasteiger partial charge on any atom is -0.312 e. The molecular weight excluding hydrogens is 217 g/mol. The molecule has 96 valence electrons. The van der Waals surface area contributed by atoms with Crippen molar-refractivity contribution in [3.05, 3.63) is 0 Å². The molecule has 5 heteroatoms. The predicted molar refractivity (Wildman–Crippen MR) is 58.3 cm³/mol. The first-order valence-electron chi connectivity index (χ1n) is 5.84. The van der Waals surface area contributed by atoms with Gasteiger partial charge in [0.15, 0.2) is 0 Å². The van der Waals surface area contributed by atoms with Crippen molar-refractivity contribution in [1.29, 1.82) is 0 Å². The smallest absolute Gasteiger partial charge is 0.312 e. The average Bonchev–Trinajstić information content (AvgIpc) is 2.48. The van der Waals surface area contributed by atoms with Crippen molar-refractivity contribution in [3.63, 3.8) is 0 Å². The number of hydrogen-bond donors (Lipinski definition) is 1. The fourth-order valence-corrected chi connectivity index (χ4v) is 2.08. The molecule has 16 heavy (non-hydrogen) atoms. The highest BCUT2D eigenvalue weighted by molar-refractivity contribution is 4.85. The zero-order valence-corrected chi connectivity index (χ0v) is 10.1. The summed E-state index contributed by atoms with van der Waals surface area (Å²) in [5.41, 5.74) is 0. The summed E-state index contributed by atoms with van der Waals surface area (Å²) in [6.45, 7) is 6.31. The van der Waals surface area contributed by atoms with E-state index < -0.39 is 12.7 Å². The van der Waals surface area contributed by atoms with Gasteiger partial charge < -0.3 is 5.32 Å². The Balaban J connectivity index is 2.51. The number of nitrogens with zero attached hydrogens (tertiary/aromatic N) is 1. The van der Waals surface area contributed by atoms with Crippen LogP contribution < -0.4 is 5.32 Å². The molecule has 1 aliphatic heterocycles. The zero-order chi connectivity index (χ0) is 12.3. The van der Waals surface area contributed by atoms with E-state index in [1.54, 1.807) is 0 Å². The summed E-state index contributed by atoms with van der Waals surface area (Å²) in [6, 6.07) is 0.126. The molecule has 0 aromatic rings. The molecule has 0 amide bonds. The first kappa shape index (κ1) is 13.8. The molecule has 1 N–H and O–H groups in total. The van der Waals surface area contributed by atoms with Gasteiger partial charge in [-0.3, -0.25) is 4.90 Å². The molecule has 0 aromatic heterocycles. The normalized spacial score (nSPS) is 27.0. The molecule has 0 aromatic carbocycles. The monoisotopic (exact) mass is 238 g/mol. The molecule has 1 fully saturated rings. The van der Waals surface area contributed by atoms with E-state index in [0.29, 0.717) is 12.5 Å². The Morgan fingerprint density at radius 1 is 1.38 bits per heavy atom. The third kappa shape index (κ3) is 4.29. The van der Waals surface area contributed by atoms with Crippen molar-refractivity contribution in [2.24, 2.45) is 5.92 Å². The molecule has 0 bridgehead atoms. The Bertz CT molecular complexity index is 216. The van der Waals surface area contributed by atoms with E-state index in [1.165, 1.54) is 4.90 Å². The van der Waals surface area contributed by atoms with Crippen LogP contribution in [0.15, 0.2) is 0 Å². The minimum atomic E-state index is -4.11. The maximum Gasteiger partial charge on any atom is 0.401 e. The third-order valence-corrected chi connectivity index (χ3v) is 3.24. The van der Waals surface area contributed by atoms with E-state index in [2.05, 4.69) is 12.2 Å². The lowest BCUT2D eigenvalue weighted by Gasteiger charge is -2.31. The van der Waals surface area contributed by atoms with E-state index >= 15 is 0 Å². The van der Waals surface area contributed by atoms with Gasteiger partial charge in [0.05, 0.1) is 6.54 Å². The second kappa shape index (κ2) is 5.36. The second-order valence-electron chi connectivity index (χ2n) is 4.96.